The van der Waals surface area contributed by atoms with E-state index in [9.17, 15) is 9.18 Å². The normalized spacial score (nSPS) is 10.9. The van der Waals surface area contributed by atoms with E-state index in [-0.39, 0.29) is 18.2 Å². The van der Waals surface area contributed by atoms with Gasteiger partial charge in [-0.3, -0.25) is 9.78 Å². The Morgan fingerprint density at radius 2 is 2.04 bits per heavy atom. The third-order valence-electron chi connectivity index (χ3n) is 3.92. The highest BCUT2D eigenvalue weighted by Crippen LogP contribution is 2.21. The van der Waals surface area contributed by atoms with Crippen LogP contribution >= 0.6 is 0 Å². The zero-order valence-corrected chi connectivity index (χ0v) is 14.8. The minimum absolute atomic E-state index is 0.0919. The average molecular weight is 352 g/mol. The number of carbonyl (C=O) groups is 1. The summed E-state index contributed by atoms with van der Waals surface area (Å²) in [5.74, 6) is -0.179. The molecule has 1 N–H and O–H groups in total. The predicted molar refractivity (Wildman–Crippen MR) is 99.6 cm³/mol. The highest BCUT2D eigenvalue weighted by atomic mass is 19.1. The summed E-state index contributed by atoms with van der Waals surface area (Å²) in [6, 6.07) is 14.0. The molecule has 1 heterocycles. The number of aromatic nitrogens is 1. The Morgan fingerprint density at radius 3 is 2.85 bits per heavy atom. The number of carbonyl (C=O) groups excluding carboxylic acids is 1. The first-order valence-corrected chi connectivity index (χ1v) is 8.58. The Bertz CT molecular complexity index is 925. The molecule has 1 amide bonds. The summed E-state index contributed by atoms with van der Waals surface area (Å²) in [4.78, 5) is 16.6. The molecule has 0 saturated carbocycles. The SMILES string of the molecule is CC(C)COc1cccc(CNC(=O)c2ccc3ncccc3c2)c1F. The molecule has 0 aliphatic rings. The van der Waals surface area contributed by atoms with E-state index in [1.54, 1.807) is 42.6 Å². The van der Waals surface area contributed by atoms with Crippen molar-refractivity contribution in [3.05, 3.63) is 71.7 Å². The van der Waals surface area contributed by atoms with Crippen LogP contribution in [-0.4, -0.2) is 17.5 Å². The standard InChI is InChI=1S/C21H21FN2O2/c1-14(2)13-26-19-7-3-5-17(20(19)22)12-24-21(25)16-8-9-18-15(11-16)6-4-10-23-18/h3-11,14H,12-13H2,1-2H3,(H,24,25). The molecule has 134 valence electrons. The number of hydrogen-bond donors (Lipinski definition) is 1. The van der Waals surface area contributed by atoms with E-state index in [4.69, 9.17) is 4.74 Å². The second-order valence-corrected chi connectivity index (χ2v) is 6.53. The monoisotopic (exact) mass is 352 g/mol. The summed E-state index contributed by atoms with van der Waals surface area (Å²) in [5.41, 5.74) is 1.73. The van der Waals surface area contributed by atoms with Crippen LogP contribution in [0.2, 0.25) is 0 Å². The van der Waals surface area contributed by atoms with Crippen LogP contribution in [0.25, 0.3) is 10.9 Å². The van der Waals surface area contributed by atoms with Gasteiger partial charge in [-0.15, -0.1) is 0 Å². The Hall–Kier alpha value is -2.95. The minimum Gasteiger partial charge on any atom is -0.490 e. The summed E-state index contributed by atoms with van der Waals surface area (Å²) in [7, 11) is 0. The molecule has 4 nitrogen and oxygen atoms in total. The van der Waals surface area contributed by atoms with E-state index in [0.717, 1.165) is 10.9 Å². The van der Waals surface area contributed by atoms with Crippen molar-refractivity contribution < 1.29 is 13.9 Å². The fourth-order valence-electron chi connectivity index (χ4n) is 2.56. The molecular formula is C21H21FN2O2. The number of benzene rings is 2. The van der Waals surface area contributed by atoms with E-state index < -0.39 is 5.82 Å². The number of pyridine rings is 1. The van der Waals surface area contributed by atoms with Crippen LogP contribution in [0.5, 0.6) is 5.75 Å². The number of rotatable bonds is 6. The zero-order chi connectivity index (χ0) is 18.5. The predicted octanol–water partition coefficient (Wildman–Crippen LogP) is 4.34. The van der Waals surface area contributed by atoms with Crippen molar-refractivity contribution >= 4 is 16.8 Å². The summed E-state index contributed by atoms with van der Waals surface area (Å²) >= 11 is 0. The van der Waals surface area contributed by atoms with E-state index in [1.807, 2.05) is 26.0 Å². The second-order valence-electron chi connectivity index (χ2n) is 6.53. The molecule has 0 fully saturated rings. The molecule has 0 saturated heterocycles. The fourth-order valence-corrected chi connectivity index (χ4v) is 2.56. The van der Waals surface area contributed by atoms with Crippen LogP contribution in [0.3, 0.4) is 0 Å². The van der Waals surface area contributed by atoms with Gasteiger partial charge >= 0.3 is 0 Å². The largest absolute Gasteiger partial charge is 0.490 e. The molecule has 0 radical (unpaired) electrons. The van der Waals surface area contributed by atoms with Gasteiger partial charge < -0.3 is 10.1 Å². The highest BCUT2D eigenvalue weighted by Gasteiger charge is 2.12. The van der Waals surface area contributed by atoms with Gasteiger partial charge in [-0.2, -0.15) is 0 Å². The van der Waals surface area contributed by atoms with Crippen LogP contribution in [0, 0.1) is 11.7 Å². The molecule has 0 aliphatic heterocycles. The quantitative estimate of drug-likeness (QED) is 0.718. The Kier molecular flexibility index (Phi) is 5.46. The molecular weight excluding hydrogens is 331 g/mol. The lowest BCUT2D eigenvalue weighted by Crippen LogP contribution is -2.23. The van der Waals surface area contributed by atoms with Gasteiger partial charge in [-0.25, -0.2) is 4.39 Å². The smallest absolute Gasteiger partial charge is 0.251 e. The van der Waals surface area contributed by atoms with Crippen LogP contribution in [0.1, 0.15) is 29.8 Å². The van der Waals surface area contributed by atoms with E-state index in [0.29, 0.717) is 23.7 Å². The van der Waals surface area contributed by atoms with Gasteiger partial charge in [0, 0.05) is 29.3 Å². The van der Waals surface area contributed by atoms with E-state index in [1.165, 1.54) is 0 Å². The van der Waals surface area contributed by atoms with Gasteiger partial charge in [-0.05, 0) is 36.2 Å². The molecule has 0 aliphatic carbocycles. The lowest BCUT2D eigenvalue weighted by molar-refractivity contribution is 0.0950. The first-order valence-electron chi connectivity index (χ1n) is 8.58. The van der Waals surface area contributed by atoms with Crippen molar-refractivity contribution in [2.75, 3.05) is 6.61 Å². The third-order valence-corrected chi connectivity index (χ3v) is 3.92. The highest BCUT2D eigenvalue weighted by molar-refractivity contribution is 5.97. The van der Waals surface area contributed by atoms with Gasteiger partial charge in [0.15, 0.2) is 11.6 Å². The minimum atomic E-state index is -0.434. The topological polar surface area (TPSA) is 51.2 Å². The number of nitrogens with zero attached hydrogens (tertiary/aromatic N) is 1. The maximum atomic E-state index is 14.5. The van der Waals surface area contributed by atoms with Crippen LogP contribution in [-0.2, 0) is 6.54 Å². The number of fused-ring (bicyclic) bond motifs is 1. The molecule has 0 bridgehead atoms. The van der Waals surface area contributed by atoms with E-state index >= 15 is 0 Å². The lowest BCUT2D eigenvalue weighted by Gasteiger charge is -2.12. The van der Waals surface area contributed by atoms with Gasteiger partial charge in [0.05, 0.1) is 12.1 Å². The van der Waals surface area contributed by atoms with Crippen molar-refractivity contribution in [3.8, 4) is 5.75 Å². The maximum absolute atomic E-state index is 14.5. The molecule has 26 heavy (non-hydrogen) atoms. The van der Waals surface area contributed by atoms with E-state index in [2.05, 4.69) is 10.3 Å². The number of nitrogens with one attached hydrogen (secondary N) is 1. The first-order chi connectivity index (χ1) is 12.5. The number of ether oxygens (including phenoxy) is 1. The Morgan fingerprint density at radius 1 is 1.19 bits per heavy atom. The van der Waals surface area contributed by atoms with Gasteiger partial charge in [0.2, 0.25) is 0 Å². The molecule has 2 aromatic carbocycles. The van der Waals surface area contributed by atoms with Crippen molar-refractivity contribution in [3.63, 3.8) is 0 Å². The van der Waals surface area contributed by atoms with Crippen LogP contribution in [0.4, 0.5) is 4.39 Å². The third kappa shape index (κ3) is 4.17. The fraction of sp³-hybridized carbons (Fsp3) is 0.238. The summed E-state index contributed by atoms with van der Waals surface area (Å²) < 4.78 is 20.0. The summed E-state index contributed by atoms with van der Waals surface area (Å²) in [6.45, 7) is 4.54. The number of halogens is 1. The lowest BCUT2D eigenvalue weighted by atomic mass is 10.1. The number of hydrogen-bond acceptors (Lipinski definition) is 3. The van der Waals surface area contributed by atoms with Crippen LogP contribution in [0.15, 0.2) is 54.7 Å². The van der Waals surface area contributed by atoms with Crippen molar-refractivity contribution in [2.24, 2.45) is 5.92 Å². The summed E-state index contributed by atoms with van der Waals surface area (Å²) in [5, 5.41) is 3.64. The van der Waals surface area contributed by atoms with Crippen molar-refractivity contribution in [1.29, 1.82) is 0 Å². The van der Waals surface area contributed by atoms with Crippen molar-refractivity contribution in [2.45, 2.75) is 20.4 Å². The Labute approximate surface area is 152 Å². The first kappa shape index (κ1) is 17.9. The number of amides is 1. The zero-order valence-electron chi connectivity index (χ0n) is 14.8. The van der Waals surface area contributed by atoms with Gasteiger partial charge in [0.25, 0.3) is 5.91 Å². The molecule has 1 aromatic heterocycles. The molecule has 0 unspecified atom stereocenters. The molecule has 5 heteroatoms. The van der Waals surface area contributed by atoms with Crippen LogP contribution < -0.4 is 10.1 Å². The molecule has 3 aromatic rings. The average Bonchev–Trinajstić information content (AvgIpc) is 2.65. The summed E-state index contributed by atoms with van der Waals surface area (Å²) in [6.07, 6.45) is 1.71. The van der Waals surface area contributed by atoms with Crippen molar-refractivity contribution in [1.82, 2.24) is 10.3 Å². The molecule has 0 spiro atoms. The second kappa shape index (κ2) is 7.95. The molecule has 0 atom stereocenters. The van der Waals surface area contributed by atoms with Gasteiger partial charge in [0.1, 0.15) is 0 Å². The maximum Gasteiger partial charge on any atom is 0.251 e. The van der Waals surface area contributed by atoms with Gasteiger partial charge in [-0.1, -0.05) is 32.0 Å². The molecule has 3 rings (SSSR count). The Balaban J connectivity index is 1.69.